The van der Waals surface area contributed by atoms with Crippen molar-refractivity contribution in [3.8, 4) is 11.1 Å². The van der Waals surface area contributed by atoms with Crippen LogP contribution in [0.2, 0.25) is 9.36 Å². The maximum atomic E-state index is 2.57. The van der Waals surface area contributed by atoms with E-state index in [1.807, 2.05) is 0 Å². The van der Waals surface area contributed by atoms with E-state index in [0.29, 0.717) is 0 Å². The summed E-state index contributed by atoms with van der Waals surface area (Å²) in [6.07, 6.45) is 1.28. The maximum absolute atomic E-state index is 2.57. The standard InChI is InChI=1S/C16H15.2CH3.Hf/c1-12-10-14-8-5-9-15(16(14)11-12)13-6-3-2-4-7-13;;;/h2-10,12H,11H2,1H3;2*1H3;. The molecular weight excluding hydrogens is 395 g/mol. The zero-order valence-corrected chi connectivity index (χ0v) is 15.6. The van der Waals surface area contributed by atoms with Gasteiger partial charge in [0.1, 0.15) is 0 Å². The normalized spacial score (nSPS) is 21.2. The fraction of sp³-hybridized carbons (Fsp3) is 0.333. The van der Waals surface area contributed by atoms with Gasteiger partial charge in [-0.1, -0.05) is 0 Å². The summed E-state index contributed by atoms with van der Waals surface area (Å²) in [7, 11) is 0. The summed E-state index contributed by atoms with van der Waals surface area (Å²) in [5.41, 5.74) is 6.17. The summed E-state index contributed by atoms with van der Waals surface area (Å²) in [6, 6.07) is 17.8. The number of rotatable bonds is 2. The monoisotopic (exact) mass is 417 g/mol. The molecule has 0 fully saturated rings. The number of hydrogen-bond donors (Lipinski definition) is 0. The Labute approximate surface area is 124 Å². The van der Waals surface area contributed by atoms with Crippen LogP contribution in [-0.2, 0) is 27.9 Å². The first-order chi connectivity index (χ1) is 9.18. The molecule has 0 N–H and O–H groups in total. The van der Waals surface area contributed by atoms with E-state index in [1.54, 1.807) is 11.1 Å². The third kappa shape index (κ3) is 2.38. The third-order valence-electron chi connectivity index (χ3n) is 4.35. The summed E-state index contributed by atoms with van der Waals surface area (Å²) in [4.78, 5) is 0. The van der Waals surface area contributed by atoms with Gasteiger partial charge < -0.3 is 0 Å². The molecule has 1 heteroatoms. The third-order valence-corrected chi connectivity index (χ3v) is 12.0. The fourth-order valence-corrected chi connectivity index (χ4v) is 11.4. The predicted octanol–water partition coefficient (Wildman–Crippen LogP) is 5.30. The van der Waals surface area contributed by atoms with Crippen LogP contribution < -0.4 is 0 Å². The van der Waals surface area contributed by atoms with E-state index in [4.69, 9.17) is 0 Å². The first-order valence-electron chi connectivity index (χ1n) is 7.15. The molecule has 97 valence electrons. The molecular formula is C18H21Hf. The minimum absolute atomic E-state index is 0.858. The minimum atomic E-state index is -1.36. The zero-order chi connectivity index (χ0) is 13.4. The van der Waals surface area contributed by atoms with Gasteiger partial charge in [-0.2, -0.15) is 0 Å². The molecule has 0 amide bonds. The second-order valence-electron chi connectivity index (χ2n) is 5.98. The van der Waals surface area contributed by atoms with Gasteiger partial charge in [0.2, 0.25) is 0 Å². The summed E-state index contributed by atoms with van der Waals surface area (Å²) in [6.45, 7) is 2.46. The first kappa shape index (κ1) is 13.3. The van der Waals surface area contributed by atoms with Crippen LogP contribution >= 0.6 is 0 Å². The molecule has 0 aliphatic heterocycles. The SMILES string of the molecule is CC1Cc2c(-c3ccccc3)cccc2[CH]1[Hf]([CH3])[CH3]. The molecule has 19 heavy (non-hydrogen) atoms. The molecule has 0 heterocycles. The van der Waals surface area contributed by atoms with Crippen molar-refractivity contribution < 1.29 is 21.4 Å². The van der Waals surface area contributed by atoms with Crippen LogP contribution in [0.15, 0.2) is 48.5 Å². The molecule has 0 nitrogen and oxygen atoms in total. The molecule has 3 rings (SSSR count). The van der Waals surface area contributed by atoms with E-state index in [2.05, 4.69) is 64.8 Å². The van der Waals surface area contributed by atoms with Crippen LogP contribution in [0.3, 0.4) is 0 Å². The Bertz CT molecular complexity index is 571. The summed E-state index contributed by atoms with van der Waals surface area (Å²) in [5, 5.41) is 0. The van der Waals surface area contributed by atoms with Crippen molar-refractivity contribution in [3.05, 3.63) is 59.7 Å². The molecule has 2 atom stereocenters. The Hall–Kier alpha value is -0.690. The van der Waals surface area contributed by atoms with Gasteiger partial charge in [-0.15, -0.1) is 0 Å². The van der Waals surface area contributed by atoms with Crippen molar-refractivity contribution in [1.82, 2.24) is 0 Å². The van der Waals surface area contributed by atoms with E-state index in [9.17, 15) is 0 Å². The van der Waals surface area contributed by atoms with Crippen LogP contribution in [0.25, 0.3) is 11.1 Å². The Kier molecular flexibility index (Phi) is 3.75. The Morgan fingerprint density at radius 3 is 2.37 bits per heavy atom. The van der Waals surface area contributed by atoms with E-state index in [0.717, 1.165) is 9.59 Å². The van der Waals surface area contributed by atoms with Gasteiger partial charge >= 0.3 is 125 Å². The van der Waals surface area contributed by atoms with Gasteiger partial charge in [-0.25, -0.2) is 0 Å². The van der Waals surface area contributed by atoms with Crippen molar-refractivity contribution in [2.75, 3.05) is 0 Å². The molecule has 0 spiro atoms. The second kappa shape index (κ2) is 5.36. The number of hydrogen-bond acceptors (Lipinski definition) is 0. The van der Waals surface area contributed by atoms with Gasteiger partial charge in [0.25, 0.3) is 0 Å². The average molecular weight is 416 g/mol. The van der Waals surface area contributed by atoms with Crippen molar-refractivity contribution in [2.24, 2.45) is 5.92 Å². The van der Waals surface area contributed by atoms with Gasteiger partial charge in [0.15, 0.2) is 0 Å². The predicted molar refractivity (Wildman–Crippen MR) is 79.2 cm³/mol. The molecule has 0 saturated heterocycles. The second-order valence-corrected chi connectivity index (χ2v) is 16.0. The molecule has 2 aromatic carbocycles. The molecule has 2 unspecified atom stereocenters. The van der Waals surface area contributed by atoms with Gasteiger partial charge in [-0.05, 0) is 0 Å². The van der Waals surface area contributed by atoms with Crippen LogP contribution in [0.4, 0.5) is 0 Å². The average Bonchev–Trinajstić information content (AvgIpc) is 2.75. The van der Waals surface area contributed by atoms with Crippen LogP contribution in [0.1, 0.15) is 21.7 Å². The Balaban J connectivity index is 2.12. The van der Waals surface area contributed by atoms with Gasteiger partial charge in [0.05, 0.1) is 0 Å². The van der Waals surface area contributed by atoms with Gasteiger partial charge in [-0.3, -0.25) is 0 Å². The molecule has 1 aliphatic carbocycles. The van der Waals surface area contributed by atoms with Crippen LogP contribution in [0.5, 0.6) is 0 Å². The molecule has 0 aromatic heterocycles. The Morgan fingerprint density at radius 1 is 0.947 bits per heavy atom. The van der Waals surface area contributed by atoms with E-state index < -0.39 is 21.4 Å². The Morgan fingerprint density at radius 2 is 1.68 bits per heavy atom. The zero-order valence-electron chi connectivity index (χ0n) is 12.0. The first-order valence-corrected chi connectivity index (χ1v) is 16.4. The van der Waals surface area contributed by atoms with Gasteiger partial charge in [0, 0.05) is 0 Å². The molecule has 1 aliphatic rings. The van der Waals surface area contributed by atoms with E-state index >= 15 is 0 Å². The molecule has 0 saturated carbocycles. The molecule has 0 bridgehead atoms. The number of benzene rings is 2. The van der Waals surface area contributed by atoms with Crippen molar-refractivity contribution >= 4 is 0 Å². The van der Waals surface area contributed by atoms with E-state index in [1.165, 1.54) is 17.5 Å². The number of fused-ring (bicyclic) bond motifs is 1. The van der Waals surface area contributed by atoms with Crippen molar-refractivity contribution in [1.29, 1.82) is 0 Å². The van der Waals surface area contributed by atoms with Crippen molar-refractivity contribution in [2.45, 2.75) is 26.4 Å². The quantitative estimate of drug-likeness (QED) is 0.584. The van der Waals surface area contributed by atoms with Crippen LogP contribution in [0, 0.1) is 5.92 Å². The summed E-state index contributed by atoms with van der Waals surface area (Å²) in [5.74, 6) is 0.858. The van der Waals surface area contributed by atoms with Crippen LogP contribution in [-0.4, -0.2) is 0 Å². The van der Waals surface area contributed by atoms with Crippen molar-refractivity contribution in [3.63, 3.8) is 0 Å². The molecule has 0 radical (unpaired) electrons. The topological polar surface area (TPSA) is 0 Å². The van der Waals surface area contributed by atoms with E-state index in [-0.39, 0.29) is 0 Å². The fourth-order valence-electron chi connectivity index (χ4n) is 3.64. The summed E-state index contributed by atoms with van der Waals surface area (Å²) >= 11 is -1.36. The molecule has 2 aromatic rings. The summed E-state index contributed by atoms with van der Waals surface area (Å²) < 4.78 is 6.07.